The van der Waals surface area contributed by atoms with Crippen molar-refractivity contribution in [2.75, 3.05) is 0 Å². The van der Waals surface area contributed by atoms with E-state index in [0.29, 0.717) is 17.8 Å². The van der Waals surface area contributed by atoms with E-state index in [2.05, 4.69) is 0 Å². The van der Waals surface area contributed by atoms with Crippen LogP contribution in [0.1, 0.15) is 25.7 Å². The summed E-state index contributed by atoms with van der Waals surface area (Å²) in [7, 11) is 0. The molecule has 0 aromatic rings. The first-order valence-corrected chi connectivity index (χ1v) is 7.12. The summed E-state index contributed by atoms with van der Waals surface area (Å²) in [6.45, 7) is 0. The first kappa shape index (κ1) is 8.93. The first-order valence-electron chi connectivity index (χ1n) is 7.12. The Labute approximate surface area is 96.0 Å². The molecule has 5 rings (SSSR count). The summed E-state index contributed by atoms with van der Waals surface area (Å²) in [4.78, 5) is 0. The van der Waals surface area contributed by atoms with Gasteiger partial charge < -0.3 is 10.2 Å². The van der Waals surface area contributed by atoms with Crippen molar-refractivity contribution in [1.29, 1.82) is 0 Å². The largest absolute Gasteiger partial charge is 0.393 e. The SMILES string of the molecule is O[C@H]1C[C@H]2[C@H]3[C@@H]1C[C@H]1C[C@H]4C[C@H](O)[C@@H]2[C@H]4[C@H]13. The van der Waals surface area contributed by atoms with E-state index in [1.165, 1.54) is 12.8 Å². The van der Waals surface area contributed by atoms with Crippen molar-refractivity contribution >= 4 is 0 Å². The molecular formula is C14H20O2. The number of rotatable bonds is 0. The third-order valence-electron chi connectivity index (χ3n) is 7.08. The summed E-state index contributed by atoms with van der Waals surface area (Å²) in [5.74, 6) is 6.18. The summed E-state index contributed by atoms with van der Waals surface area (Å²) in [6, 6.07) is 0. The summed E-state index contributed by atoms with van der Waals surface area (Å²) in [5, 5.41) is 20.5. The quantitative estimate of drug-likeness (QED) is 0.645. The third kappa shape index (κ3) is 0.743. The van der Waals surface area contributed by atoms with Crippen molar-refractivity contribution in [3.05, 3.63) is 0 Å². The highest BCUT2D eigenvalue weighted by Gasteiger charge is 2.71. The van der Waals surface area contributed by atoms with Crippen LogP contribution in [0.25, 0.3) is 0 Å². The highest BCUT2D eigenvalue weighted by atomic mass is 16.3. The molecule has 0 bridgehead atoms. The van der Waals surface area contributed by atoms with Gasteiger partial charge in [-0.05, 0) is 73.0 Å². The van der Waals surface area contributed by atoms with E-state index < -0.39 is 0 Å². The molecule has 0 radical (unpaired) electrons. The second kappa shape index (κ2) is 2.51. The van der Waals surface area contributed by atoms with E-state index in [1.807, 2.05) is 0 Å². The average molecular weight is 220 g/mol. The number of aliphatic hydroxyl groups excluding tert-OH is 2. The Balaban J connectivity index is 1.66. The van der Waals surface area contributed by atoms with Gasteiger partial charge in [-0.25, -0.2) is 0 Å². The van der Waals surface area contributed by atoms with E-state index in [0.717, 1.165) is 42.4 Å². The molecule has 88 valence electrons. The minimum absolute atomic E-state index is 0.0301. The number of hydrogen-bond acceptors (Lipinski definition) is 2. The molecule has 2 heteroatoms. The molecule has 0 saturated heterocycles. The lowest BCUT2D eigenvalue weighted by Crippen LogP contribution is -2.23. The van der Waals surface area contributed by atoms with Crippen LogP contribution in [0.15, 0.2) is 0 Å². The molecule has 2 N–H and O–H groups in total. The Morgan fingerprint density at radius 1 is 0.562 bits per heavy atom. The highest BCUT2D eigenvalue weighted by molar-refractivity contribution is 5.19. The predicted molar refractivity (Wildman–Crippen MR) is 58.4 cm³/mol. The summed E-state index contributed by atoms with van der Waals surface area (Å²) in [5.41, 5.74) is 0. The van der Waals surface area contributed by atoms with Gasteiger partial charge >= 0.3 is 0 Å². The van der Waals surface area contributed by atoms with E-state index in [9.17, 15) is 10.2 Å². The van der Waals surface area contributed by atoms with Crippen molar-refractivity contribution < 1.29 is 10.2 Å². The fourth-order valence-electron chi connectivity index (χ4n) is 7.11. The molecule has 0 aromatic carbocycles. The summed E-state index contributed by atoms with van der Waals surface area (Å²) >= 11 is 0. The maximum atomic E-state index is 10.3. The molecule has 0 aromatic heterocycles. The Kier molecular flexibility index (Phi) is 1.40. The van der Waals surface area contributed by atoms with Crippen LogP contribution in [0.4, 0.5) is 0 Å². The van der Waals surface area contributed by atoms with Crippen molar-refractivity contribution in [1.82, 2.24) is 0 Å². The molecule has 0 spiro atoms. The van der Waals surface area contributed by atoms with Crippen LogP contribution in [0.2, 0.25) is 0 Å². The molecule has 5 aliphatic carbocycles. The highest BCUT2D eigenvalue weighted by Crippen LogP contribution is 2.74. The van der Waals surface area contributed by atoms with Gasteiger partial charge in [0, 0.05) is 0 Å². The zero-order valence-corrected chi connectivity index (χ0v) is 9.50. The second-order valence-corrected chi connectivity index (χ2v) is 7.23. The van der Waals surface area contributed by atoms with Gasteiger partial charge in [0.05, 0.1) is 12.2 Å². The minimum atomic E-state index is -0.0344. The minimum Gasteiger partial charge on any atom is -0.393 e. The lowest BCUT2D eigenvalue weighted by Gasteiger charge is -2.21. The number of fused-ring (bicyclic) bond motifs is 1. The maximum absolute atomic E-state index is 10.3. The van der Waals surface area contributed by atoms with Gasteiger partial charge in [-0.2, -0.15) is 0 Å². The Hall–Kier alpha value is -0.0800. The zero-order chi connectivity index (χ0) is 10.6. The fraction of sp³-hybridized carbons (Fsp3) is 1.00. The molecule has 0 unspecified atom stereocenters. The lowest BCUT2D eigenvalue weighted by atomic mass is 9.87. The van der Waals surface area contributed by atoms with Gasteiger partial charge in [0.1, 0.15) is 0 Å². The summed E-state index contributed by atoms with van der Waals surface area (Å²) in [6.07, 6.45) is 4.69. The maximum Gasteiger partial charge on any atom is 0.0576 e. The zero-order valence-electron chi connectivity index (χ0n) is 9.50. The van der Waals surface area contributed by atoms with Gasteiger partial charge in [0.2, 0.25) is 0 Å². The molecular weight excluding hydrogens is 200 g/mol. The molecule has 10 atom stereocenters. The molecule has 5 fully saturated rings. The Morgan fingerprint density at radius 3 is 2.19 bits per heavy atom. The normalized spacial score (nSPS) is 73.9. The molecule has 5 saturated carbocycles. The van der Waals surface area contributed by atoms with Crippen LogP contribution >= 0.6 is 0 Å². The lowest BCUT2D eigenvalue weighted by molar-refractivity contribution is 0.0856. The molecule has 0 amide bonds. The standard InChI is InChI=1S/C14H20O2/c15-9-4-8-13-7(9)2-5-1-6-3-10(16)14(8)12(6)11(5)13/h5-16H,1-4H2/t5-,6+,7-,8+,9+,10+,11+,12-,13-,14-/m1/s1. The predicted octanol–water partition coefficient (Wildman–Crippen LogP) is 1.27. The summed E-state index contributed by atoms with van der Waals surface area (Å²) < 4.78 is 0. The van der Waals surface area contributed by atoms with Crippen LogP contribution < -0.4 is 0 Å². The van der Waals surface area contributed by atoms with Crippen molar-refractivity contribution in [3.63, 3.8) is 0 Å². The Morgan fingerprint density at radius 2 is 1.31 bits per heavy atom. The fourth-order valence-corrected chi connectivity index (χ4v) is 7.11. The van der Waals surface area contributed by atoms with E-state index in [1.54, 1.807) is 0 Å². The number of hydrogen-bond donors (Lipinski definition) is 2. The van der Waals surface area contributed by atoms with Crippen molar-refractivity contribution in [2.24, 2.45) is 47.3 Å². The average Bonchev–Trinajstić information content (AvgIpc) is 2.89. The van der Waals surface area contributed by atoms with Gasteiger partial charge in [-0.1, -0.05) is 0 Å². The Bertz CT molecular complexity index is 351. The second-order valence-electron chi connectivity index (χ2n) is 7.23. The third-order valence-corrected chi connectivity index (χ3v) is 7.08. The van der Waals surface area contributed by atoms with Crippen LogP contribution in [-0.4, -0.2) is 22.4 Å². The first-order chi connectivity index (χ1) is 7.75. The van der Waals surface area contributed by atoms with E-state index in [4.69, 9.17) is 0 Å². The van der Waals surface area contributed by atoms with E-state index >= 15 is 0 Å². The van der Waals surface area contributed by atoms with Crippen molar-refractivity contribution in [2.45, 2.75) is 37.9 Å². The number of aliphatic hydroxyl groups is 2. The topological polar surface area (TPSA) is 40.5 Å². The molecule has 0 heterocycles. The molecule has 2 nitrogen and oxygen atoms in total. The van der Waals surface area contributed by atoms with E-state index in [-0.39, 0.29) is 12.2 Å². The van der Waals surface area contributed by atoms with Gasteiger partial charge in [0.25, 0.3) is 0 Å². The molecule has 0 aliphatic heterocycles. The van der Waals surface area contributed by atoms with Crippen LogP contribution in [0.3, 0.4) is 0 Å². The van der Waals surface area contributed by atoms with Gasteiger partial charge in [0.15, 0.2) is 0 Å². The van der Waals surface area contributed by atoms with Crippen molar-refractivity contribution in [3.8, 4) is 0 Å². The van der Waals surface area contributed by atoms with Gasteiger partial charge in [-0.15, -0.1) is 0 Å². The van der Waals surface area contributed by atoms with Crippen LogP contribution in [-0.2, 0) is 0 Å². The monoisotopic (exact) mass is 220 g/mol. The molecule has 5 aliphatic rings. The smallest absolute Gasteiger partial charge is 0.0576 e. The molecule has 16 heavy (non-hydrogen) atoms. The van der Waals surface area contributed by atoms with Crippen LogP contribution in [0, 0.1) is 47.3 Å². The van der Waals surface area contributed by atoms with Gasteiger partial charge in [-0.3, -0.25) is 0 Å². The van der Waals surface area contributed by atoms with Crippen LogP contribution in [0.5, 0.6) is 0 Å².